The lowest BCUT2D eigenvalue weighted by molar-refractivity contribution is -0.146. The number of nitrogens with one attached hydrogen (secondary N) is 2. The minimum Gasteiger partial charge on any atom is -0.460 e. The molecule has 5 atom stereocenters. The molecule has 16 heteroatoms. The molecule has 3 N–H and O–H groups in total. The molecular weight excluding hydrogens is 730 g/mol. The fourth-order valence-corrected chi connectivity index (χ4v) is 6.44. The van der Waals surface area contributed by atoms with E-state index in [2.05, 4.69) is 5.09 Å². The number of hydrogen-bond donors (Lipinski definition) is 3. The third-order valence-corrected chi connectivity index (χ3v) is 9.25. The number of aliphatic hydroxyl groups is 1. The smallest absolute Gasteiger partial charge is 0.459 e. The highest BCUT2D eigenvalue weighted by Gasteiger charge is 2.60. The number of fused-ring (bicyclic) bond motifs is 1. The number of rotatable bonds is 11. The van der Waals surface area contributed by atoms with Crippen molar-refractivity contribution in [1.82, 2.24) is 14.6 Å². The molecule has 2 heterocycles. The van der Waals surface area contributed by atoms with Gasteiger partial charge in [-0.25, -0.2) is 9.36 Å². The van der Waals surface area contributed by atoms with Crippen LogP contribution >= 0.6 is 30.3 Å². The number of H-pyrrole nitrogens is 1. The van der Waals surface area contributed by atoms with Crippen LogP contribution in [0.5, 0.6) is 5.75 Å². The summed E-state index contributed by atoms with van der Waals surface area (Å²) in [5.41, 5.74) is -1.26. The van der Waals surface area contributed by atoms with E-state index in [1.807, 2.05) is 17.1 Å². The Morgan fingerprint density at radius 3 is 2.56 bits per heavy atom. The Morgan fingerprint density at radius 2 is 1.82 bits per heavy atom. The predicted molar refractivity (Wildman–Crippen MR) is 166 cm³/mol. The summed E-state index contributed by atoms with van der Waals surface area (Å²) in [6.45, 7) is 0.374. The number of ether oxygens (including phenoxy) is 2. The fourth-order valence-electron chi connectivity index (χ4n) is 4.51. The van der Waals surface area contributed by atoms with Crippen molar-refractivity contribution >= 4 is 47.1 Å². The molecule has 0 radical (unpaired) electrons. The van der Waals surface area contributed by atoms with Crippen molar-refractivity contribution in [3.05, 3.63) is 109 Å². The highest BCUT2D eigenvalue weighted by molar-refractivity contribution is 14.1. The van der Waals surface area contributed by atoms with Gasteiger partial charge in [-0.3, -0.25) is 23.7 Å². The molecule has 12 nitrogen and oxygen atoms in total. The molecule has 1 aliphatic rings. The monoisotopic (exact) mass is 757 g/mol. The summed E-state index contributed by atoms with van der Waals surface area (Å²) in [5, 5.41) is 14.5. The molecule has 238 valence electrons. The summed E-state index contributed by atoms with van der Waals surface area (Å²) in [5.74, 6) is -4.76. The summed E-state index contributed by atoms with van der Waals surface area (Å²) in [7, 11) is -4.57. The lowest BCUT2D eigenvalue weighted by atomic mass is 10.1. The molecule has 1 unspecified atom stereocenters. The predicted octanol–water partition coefficient (Wildman–Crippen LogP) is 4.11. The van der Waals surface area contributed by atoms with Gasteiger partial charge in [0.1, 0.15) is 24.5 Å². The van der Waals surface area contributed by atoms with Gasteiger partial charge in [-0.2, -0.15) is 13.9 Å². The number of esters is 1. The van der Waals surface area contributed by atoms with Crippen molar-refractivity contribution in [2.75, 3.05) is 6.61 Å². The van der Waals surface area contributed by atoms with Gasteiger partial charge in [0.15, 0.2) is 6.10 Å². The van der Waals surface area contributed by atoms with Crippen LogP contribution in [-0.2, 0) is 30.0 Å². The Labute approximate surface area is 268 Å². The summed E-state index contributed by atoms with van der Waals surface area (Å²) in [4.78, 5) is 38.7. The Balaban J connectivity index is 1.35. The van der Waals surface area contributed by atoms with Crippen molar-refractivity contribution in [1.29, 1.82) is 0 Å². The largest absolute Gasteiger partial charge is 0.460 e. The Bertz CT molecular complexity index is 1860. The van der Waals surface area contributed by atoms with Gasteiger partial charge >= 0.3 is 25.3 Å². The Morgan fingerprint density at radius 1 is 1.13 bits per heavy atom. The average molecular weight is 757 g/mol. The molecule has 0 bridgehead atoms. The Hall–Kier alpha value is -3.47. The van der Waals surface area contributed by atoms with Crippen molar-refractivity contribution in [2.24, 2.45) is 0 Å². The highest BCUT2D eigenvalue weighted by atomic mass is 127. The van der Waals surface area contributed by atoms with E-state index in [0.29, 0.717) is 10.1 Å². The van der Waals surface area contributed by atoms with Crippen molar-refractivity contribution in [3.63, 3.8) is 0 Å². The molecule has 5 rings (SSSR count). The number of aromatic amines is 1. The molecule has 4 aromatic rings. The molecule has 0 saturated carbocycles. The third kappa shape index (κ3) is 7.51. The quantitative estimate of drug-likeness (QED) is 0.116. The first-order valence-corrected chi connectivity index (χ1v) is 16.1. The van der Waals surface area contributed by atoms with Crippen LogP contribution in [0.2, 0.25) is 0 Å². The molecule has 1 aromatic heterocycles. The van der Waals surface area contributed by atoms with E-state index in [1.54, 1.807) is 77.2 Å². The summed E-state index contributed by atoms with van der Waals surface area (Å²) < 4.78 is 66.5. The van der Waals surface area contributed by atoms with Crippen LogP contribution in [0.15, 0.2) is 88.6 Å². The van der Waals surface area contributed by atoms with Crippen LogP contribution in [0.4, 0.5) is 8.78 Å². The van der Waals surface area contributed by atoms with Gasteiger partial charge in [0.25, 0.3) is 5.56 Å². The molecule has 1 aliphatic heterocycles. The Kier molecular flexibility index (Phi) is 9.86. The van der Waals surface area contributed by atoms with Gasteiger partial charge in [0.05, 0.1) is 10.2 Å². The summed E-state index contributed by atoms with van der Waals surface area (Å²) in [6, 6.07) is 19.6. The van der Waals surface area contributed by atoms with Gasteiger partial charge in [0.2, 0.25) is 6.23 Å². The van der Waals surface area contributed by atoms with Gasteiger partial charge < -0.3 is 19.1 Å². The van der Waals surface area contributed by atoms with Crippen LogP contribution in [0.25, 0.3) is 10.8 Å². The van der Waals surface area contributed by atoms with E-state index in [9.17, 15) is 24.1 Å². The standard InChI is InChI=1S/C29H27F2IN3O9P/c1-17(26(38)41-15-18-7-3-2-4-8-18)34-45(40,44-21-12-11-19-9-5-6-10-20(19)13-21)42-16-23-24(36)29(30,31)27(43-23)35-14-22(32)25(37)33-28(35)39/h2-14,17,23-24,27,36H,15-16H2,1H3,(H,34,40)(H,33,37,39)/t17-,23+,24+,27+,45?/m0/s1. The lowest BCUT2D eigenvalue weighted by Crippen LogP contribution is -2.43. The first-order chi connectivity index (χ1) is 21.4. The number of alkyl halides is 2. The number of carbonyl (C=O) groups excluding carboxylic acids is 1. The maximum atomic E-state index is 15.1. The van der Waals surface area contributed by atoms with Gasteiger partial charge in [-0.05, 0) is 58.0 Å². The molecule has 1 saturated heterocycles. The molecular formula is C29H27F2IN3O9P. The number of hydrogen-bond acceptors (Lipinski definition) is 9. The lowest BCUT2D eigenvalue weighted by Gasteiger charge is -2.24. The van der Waals surface area contributed by atoms with Gasteiger partial charge in [0, 0.05) is 6.20 Å². The SMILES string of the molecule is C[C@H](NP(=O)(OC[C@H]1O[C@@H](n2cc(I)c(=O)[nH]c2=O)C(F)(F)[C@@H]1O)Oc1ccc2ccccc2c1)C(=O)OCc1ccccc1. The van der Waals surface area contributed by atoms with Crippen LogP contribution in [0, 0.1) is 3.57 Å². The molecule has 3 aromatic carbocycles. The summed E-state index contributed by atoms with van der Waals surface area (Å²) in [6.07, 6.45) is -5.77. The number of aromatic nitrogens is 2. The minimum absolute atomic E-state index is 0.0655. The zero-order valence-electron chi connectivity index (χ0n) is 23.5. The van der Waals surface area contributed by atoms with Crippen LogP contribution in [-0.4, -0.2) is 51.4 Å². The normalized spacial score (nSPS) is 21.2. The molecule has 0 spiro atoms. The third-order valence-electron chi connectivity index (χ3n) is 6.84. The second-order valence-corrected chi connectivity index (χ2v) is 13.0. The topological polar surface area (TPSA) is 158 Å². The average Bonchev–Trinajstić information content (AvgIpc) is 3.24. The summed E-state index contributed by atoms with van der Waals surface area (Å²) >= 11 is 1.55. The maximum Gasteiger partial charge on any atom is 0.459 e. The van der Waals surface area contributed by atoms with Crippen molar-refractivity contribution < 1.29 is 41.8 Å². The molecule has 45 heavy (non-hydrogen) atoms. The number of nitrogens with zero attached hydrogens (tertiary/aromatic N) is 1. The molecule has 1 fully saturated rings. The van der Waals surface area contributed by atoms with E-state index in [-0.39, 0.29) is 15.9 Å². The van der Waals surface area contributed by atoms with Crippen LogP contribution in [0.3, 0.4) is 0 Å². The zero-order valence-corrected chi connectivity index (χ0v) is 26.5. The van der Waals surface area contributed by atoms with Crippen molar-refractivity contribution in [2.45, 2.75) is 43.9 Å². The molecule has 0 amide bonds. The maximum absolute atomic E-state index is 15.1. The second-order valence-electron chi connectivity index (χ2n) is 10.1. The fraction of sp³-hybridized carbons (Fsp3) is 0.276. The van der Waals surface area contributed by atoms with E-state index in [4.69, 9.17) is 18.5 Å². The number of halogens is 3. The van der Waals surface area contributed by atoms with Crippen LogP contribution in [0.1, 0.15) is 18.7 Å². The van der Waals surface area contributed by atoms with E-state index in [1.165, 1.54) is 13.0 Å². The first-order valence-electron chi connectivity index (χ1n) is 13.5. The van der Waals surface area contributed by atoms with E-state index >= 15 is 8.78 Å². The van der Waals surface area contributed by atoms with Crippen molar-refractivity contribution in [3.8, 4) is 5.75 Å². The minimum atomic E-state index is -4.57. The zero-order chi connectivity index (χ0) is 32.4. The van der Waals surface area contributed by atoms with Gasteiger partial charge in [-0.1, -0.05) is 60.7 Å². The number of aliphatic hydroxyl groups excluding tert-OH is 1. The number of benzene rings is 3. The van der Waals surface area contributed by atoms with Crippen LogP contribution < -0.4 is 20.9 Å². The first kappa shape index (κ1) is 32.9. The molecule has 0 aliphatic carbocycles. The van der Waals surface area contributed by atoms with E-state index < -0.39 is 62.0 Å². The highest BCUT2D eigenvalue weighted by Crippen LogP contribution is 2.48. The second kappa shape index (κ2) is 13.5. The number of carbonyl (C=O) groups is 1. The van der Waals surface area contributed by atoms with E-state index in [0.717, 1.165) is 17.0 Å². The van der Waals surface area contributed by atoms with Gasteiger partial charge in [-0.15, -0.1) is 0 Å².